The number of hydrogen-bond acceptors (Lipinski definition) is 5. The summed E-state index contributed by atoms with van der Waals surface area (Å²) in [7, 11) is 0. The molecule has 0 aliphatic rings. The van der Waals surface area contributed by atoms with Gasteiger partial charge in [-0.15, -0.1) is 0 Å². The van der Waals surface area contributed by atoms with Gasteiger partial charge in [-0.2, -0.15) is 0 Å². The number of aromatic nitrogens is 2. The highest BCUT2D eigenvalue weighted by Gasteiger charge is 2.08. The third-order valence-corrected chi connectivity index (χ3v) is 3.59. The highest BCUT2D eigenvalue weighted by atomic mass is 127. The maximum Gasteiger partial charge on any atom is 0.271 e. The summed E-state index contributed by atoms with van der Waals surface area (Å²) in [5.41, 5.74) is 1.47. The Morgan fingerprint density at radius 3 is 2.81 bits per heavy atom. The van der Waals surface area contributed by atoms with Crippen molar-refractivity contribution in [3.8, 4) is 0 Å². The van der Waals surface area contributed by atoms with Crippen molar-refractivity contribution in [1.82, 2.24) is 9.97 Å². The fourth-order valence-corrected chi connectivity index (χ4v) is 2.45. The average Bonchev–Trinajstić information content (AvgIpc) is 2.48. The van der Waals surface area contributed by atoms with Crippen molar-refractivity contribution in [2.75, 3.05) is 5.32 Å². The fourth-order valence-electron chi connectivity index (χ4n) is 1.96. The number of fused-ring (bicyclic) bond motifs is 1. The molecule has 6 nitrogen and oxygen atoms in total. The van der Waals surface area contributed by atoms with Crippen LogP contribution in [0.4, 0.5) is 17.2 Å². The predicted molar refractivity (Wildman–Crippen MR) is 88.6 cm³/mol. The molecule has 1 N–H and O–H groups in total. The molecule has 0 radical (unpaired) electrons. The Hall–Kier alpha value is -2.29. The molecule has 0 saturated carbocycles. The van der Waals surface area contributed by atoms with Crippen LogP contribution < -0.4 is 5.32 Å². The van der Waals surface area contributed by atoms with Gasteiger partial charge in [0.2, 0.25) is 0 Å². The molecule has 1 heterocycles. The highest BCUT2D eigenvalue weighted by Crippen LogP contribution is 2.26. The minimum absolute atomic E-state index is 0.0351. The van der Waals surface area contributed by atoms with E-state index < -0.39 is 4.92 Å². The van der Waals surface area contributed by atoms with E-state index in [1.807, 2.05) is 18.2 Å². The fraction of sp³-hybridized carbons (Fsp3) is 0. The quantitative estimate of drug-likeness (QED) is 0.416. The first-order valence-electron chi connectivity index (χ1n) is 6.05. The number of anilines is 2. The van der Waals surface area contributed by atoms with Gasteiger partial charge in [-0.05, 0) is 46.9 Å². The summed E-state index contributed by atoms with van der Waals surface area (Å²) in [6, 6.07) is 12.2. The first kappa shape index (κ1) is 13.7. The number of non-ortho nitro benzene ring substituents is 1. The van der Waals surface area contributed by atoms with Gasteiger partial charge < -0.3 is 5.32 Å². The van der Waals surface area contributed by atoms with E-state index in [2.05, 4.69) is 37.9 Å². The maximum absolute atomic E-state index is 10.8. The van der Waals surface area contributed by atoms with E-state index in [1.54, 1.807) is 12.1 Å². The van der Waals surface area contributed by atoms with Crippen LogP contribution in [-0.4, -0.2) is 14.9 Å². The van der Waals surface area contributed by atoms with Crippen LogP contribution in [-0.2, 0) is 0 Å². The van der Waals surface area contributed by atoms with Crippen molar-refractivity contribution in [3.63, 3.8) is 0 Å². The second-order valence-corrected chi connectivity index (χ2v) is 5.56. The molecule has 0 spiro atoms. The van der Waals surface area contributed by atoms with Gasteiger partial charge in [-0.1, -0.05) is 6.07 Å². The Morgan fingerprint density at radius 1 is 1.14 bits per heavy atom. The Kier molecular flexibility index (Phi) is 3.65. The first-order chi connectivity index (χ1) is 10.1. The van der Waals surface area contributed by atoms with Crippen molar-refractivity contribution >= 4 is 50.7 Å². The summed E-state index contributed by atoms with van der Waals surface area (Å²) in [4.78, 5) is 18.8. The number of benzene rings is 2. The average molecular weight is 392 g/mol. The number of rotatable bonds is 3. The molecule has 7 heteroatoms. The van der Waals surface area contributed by atoms with E-state index in [9.17, 15) is 10.1 Å². The van der Waals surface area contributed by atoms with Crippen LogP contribution in [0.5, 0.6) is 0 Å². The van der Waals surface area contributed by atoms with Crippen LogP contribution in [0.2, 0.25) is 0 Å². The molecule has 0 amide bonds. The summed E-state index contributed by atoms with van der Waals surface area (Å²) in [6.07, 6.45) is 1.47. The molecule has 0 atom stereocenters. The number of nitro groups is 1. The molecule has 21 heavy (non-hydrogen) atoms. The third kappa shape index (κ3) is 2.92. The minimum atomic E-state index is -0.424. The van der Waals surface area contributed by atoms with Gasteiger partial charge in [0, 0.05) is 26.8 Å². The van der Waals surface area contributed by atoms with E-state index in [4.69, 9.17) is 0 Å². The lowest BCUT2D eigenvalue weighted by Crippen LogP contribution is -1.97. The molecule has 104 valence electrons. The van der Waals surface area contributed by atoms with Gasteiger partial charge in [0.25, 0.3) is 5.69 Å². The van der Waals surface area contributed by atoms with Crippen molar-refractivity contribution in [2.24, 2.45) is 0 Å². The van der Waals surface area contributed by atoms with Crippen LogP contribution in [0.3, 0.4) is 0 Å². The van der Waals surface area contributed by atoms with Crippen LogP contribution >= 0.6 is 22.6 Å². The van der Waals surface area contributed by atoms with Gasteiger partial charge in [0.15, 0.2) is 0 Å². The van der Waals surface area contributed by atoms with Crippen LogP contribution in [0.15, 0.2) is 48.8 Å². The predicted octanol–water partition coefficient (Wildman–Crippen LogP) is 3.89. The maximum atomic E-state index is 10.8. The zero-order chi connectivity index (χ0) is 14.8. The Balaban J connectivity index is 2.04. The normalized spacial score (nSPS) is 10.5. The van der Waals surface area contributed by atoms with Crippen molar-refractivity contribution < 1.29 is 4.92 Å². The van der Waals surface area contributed by atoms with Gasteiger partial charge in [-0.25, -0.2) is 9.97 Å². The third-order valence-electron chi connectivity index (χ3n) is 2.92. The van der Waals surface area contributed by atoms with Gasteiger partial charge in [-0.3, -0.25) is 10.1 Å². The summed E-state index contributed by atoms with van der Waals surface area (Å²) in [5.74, 6) is 0.624. The van der Waals surface area contributed by atoms with Gasteiger partial charge >= 0.3 is 0 Å². The number of halogens is 1. The SMILES string of the molecule is O=[N+]([O-])c1cccc(Nc2ncnc3ccc(I)cc23)c1. The molecule has 3 aromatic rings. The molecule has 3 rings (SSSR count). The highest BCUT2D eigenvalue weighted by molar-refractivity contribution is 14.1. The topological polar surface area (TPSA) is 81.0 Å². The molecule has 0 aliphatic heterocycles. The molecule has 0 saturated heterocycles. The van der Waals surface area contributed by atoms with Crippen LogP contribution in [0, 0.1) is 13.7 Å². The Bertz CT molecular complexity index is 838. The van der Waals surface area contributed by atoms with E-state index in [0.29, 0.717) is 11.5 Å². The van der Waals surface area contributed by atoms with Crippen LogP contribution in [0.1, 0.15) is 0 Å². The molecule has 2 aromatic carbocycles. The Morgan fingerprint density at radius 2 is 2.00 bits per heavy atom. The lowest BCUT2D eigenvalue weighted by molar-refractivity contribution is -0.384. The van der Waals surface area contributed by atoms with E-state index >= 15 is 0 Å². The molecule has 0 fully saturated rings. The zero-order valence-electron chi connectivity index (χ0n) is 10.7. The second kappa shape index (κ2) is 5.60. The molecule has 0 unspecified atom stereocenters. The van der Waals surface area contributed by atoms with Crippen molar-refractivity contribution in [2.45, 2.75) is 0 Å². The number of nitro benzene ring substituents is 1. The molecular weight excluding hydrogens is 383 g/mol. The molecule has 0 bridgehead atoms. The number of hydrogen-bond donors (Lipinski definition) is 1. The molecule has 1 aromatic heterocycles. The van der Waals surface area contributed by atoms with Crippen LogP contribution in [0.25, 0.3) is 10.9 Å². The van der Waals surface area contributed by atoms with E-state index in [-0.39, 0.29) is 5.69 Å². The smallest absolute Gasteiger partial charge is 0.271 e. The van der Waals surface area contributed by atoms with Gasteiger partial charge in [0.1, 0.15) is 12.1 Å². The minimum Gasteiger partial charge on any atom is -0.339 e. The van der Waals surface area contributed by atoms with Crippen molar-refractivity contribution in [3.05, 3.63) is 62.5 Å². The lowest BCUT2D eigenvalue weighted by Gasteiger charge is -2.08. The first-order valence-corrected chi connectivity index (χ1v) is 7.13. The standard InChI is InChI=1S/C14H9IN4O2/c15-9-4-5-13-12(6-9)14(17-8-16-13)18-10-2-1-3-11(7-10)19(20)21/h1-8H,(H,16,17,18). The van der Waals surface area contributed by atoms with Crippen molar-refractivity contribution in [1.29, 1.82) is 0 Å². The summed E-state index contributed by atoms with van der Waals surface area (Å²) in [6.45, 7) is 0. The molecule has 0 aliphatic carbocycles. The summed E-state index contributed by atoms with van der Waals surface area (Å²) in [5, 5.41) is 14.8. The van der Waals surface area contributed by atoms with Gasteiger partial charge in [0.05, 0.1) is 10.4 Å². The Labute approximate surface area is 133 Å². The summed E-state index contributed by atoms with van der Waals surface area (Å²) >= 11 is 2.22. The monoisotopic (exact) mass is 392 g/mol. The van der Waals surface area contributed by atoms with E-state index in [0.717, 1.165) is 14.5 Å². The lowest BCUT2D eigenvalue weighted by atomic mass is 10.2. The van der Waals surface area contributed by atoms with E-state index in [1.165, 1.54) is 18.5 Å². The summed E-state index contributed by atoms with van der Waals surface area (Å²) < 4.78 is 1.07. The number of nitrogens with zero attached hydrogens (tertiary/aromatic N) is 3. The second-order valence-electron chi connectivity index (χ2n) is 4.32. The zero-order valence-corrected chi connectivity index (χ0v) is 12.8. The largest absolute Gasteiger partial charge is 0.339 e. The molecular formula is C14H9IN4O2. The number of nitrogens with one attached hydrogen (secondary N) is 1.